The molecule has 88 valence electrons. The van der Waals surface area contributed by atoms with Crippen LogP contribution in [0.3, 0.4) is 0 Å². The molecule has 17 heavy (non-hydrogen) atoms. The Hall–Kier alpha value is -1.46. The molecule has 5 heteroatoms. The summed E-state index contributed by atoms with van der Waals surface area (Å²) in [4.78, 5) is 3.90. The second kappa shape index (κ2) is 4.81. The summed E-state index contributed by atoms with van der Waals surface area (Å²) in [7, 11) is 0. The van der Waals surface area contributed by atoms with Gasteiger partial charge in [0.2, 0.25) is 0 Å². The van der Waals surface area contributed by atoms with E-state index in [1.807, 2.05) is 0 Å². The standard InChI is InChI=1S/C12H10BrFN2O/c13-10-6-7(14)3-4-8(10)11(17)9-2-1-5-16-12(9)15/h1-6,11,17H,(H2,15,16). The molecule has 0 aliphatic rings. The van der Waals surface area contributed by atoms with Crippen LogP contribution in [-0.2, 0) is 0 Å². The molecule has 0 aliphatic carbocycles. The fraction of sp³-hybridized carbons (Fsp3) is 0.0833. The normalized spacial score (nSPS) is 12.4. The summed E-state index contributed by atoms with van der Waals surface area (Å²) in [6, 6.07) is 7.46. The number of aromatic nitrogens is 1. The number of benzene rings is 1. The van der Waals surface area contributed by atoms with Gasteiger partial charge >= 0.3 is 0 Å². The third-order valence-electron chi connectivity index (χ3n) is 2.42. The average Bonchev–Trinajstić information content (AvgIpc) is 2.29. The topological polar surface area (TPSA) is 59.1 Å². The molecule has 0 saturated carbocycles. The minimum Gasteiger partial charge on any atom is -0.383 e. The molecule has 1 atom stereocenters. The van der Waals surface area contributed by atoms with Gasteiger partial charge in [0.05, 0.1) is 0 Å². The number of nitrogens with zero attached hydrogens (tertiary/aromatic N) is 1. The number of hydrogen-bond acceptors (Lipinski definition) is 3. The first kappa shape index (κ1) is 12.0. The highest BCUT2D eigenvalue weighted by atomic mass is 79.9. The van der Waals surface area contributed by atoms with Gasteiger partial charge in [0.25, 0.3) is 0 Å². The van der Waals surface area contributed by atoms with Gasteiger partial charge in [-0.25, -0.2) is 9.37 Å². The van der Waals surface area contributed by atoms with Crippen LogP contribution < -0.4 is 5.73 Å². The zero-order valence-electron chi connectivity index (χ0n) is 8.77. The third kappa shape index (κ3) is 2.45. The maximum absolute atomic E-state index is 12.9. The quantitative estimate of drug-likeness (QED) is 0.896. The summed E-state index contributed by atoms with van der Waals surface area (Å²) in [5.41, 5.74) is 6.73. The highest BCUT2D eigenvalue weighted by Gasteiger charge is 2.16. The second-order valence-corrected chi connectivity index (χ2v) is 4.40. The van der Waals surface area contributed by atoms with Crippen LogP contribution in [0.1, 0.15) is 17.2 Å². The van der Waals surface area contributed by atoms with Gasteiger partial charge in [-0.15, -0.1) is 0 Å². The summed E-state index contributed by atoms with van der Waals surface area (Å²) >= 11 is 3.21. The molecule has 0 spiro atoms. The number of pyridine rings is 1. The largest absolute Gasteiger partial charge is 0.383 e. The number of rotatable bonds is 2. The van der Waals surface area contributed by atoms with E-state index >= 15 is 0 Å². The SMILES string of the molecule is Nc1ncccc1C(O)c1ccc(F)cc1Br. The van der Waals surface area contributed by atoms with Gasteiger partial charge in [-0.3, -0.25) is 0 Å². The van der Waals surface area contributed by atoms with E-state index in [4.69, 9.17) is 5.73 Å². The monoisotopic (exact) mass is 296 g/mol. The van der Waals surface area contributed by atoms with E-state index < -0.39 is 6.10 Å². The van der Waals surface area contributed by atoms with E-state index in [2.05, 4.69) is 20.9 Å². The smallest absolute Gasteiger partial charge is 0.129 e. The van der Waals surface area contributed by atoms with Crippen molar-refractivity contribution < 1.29 is 9.50 Å². The maximum Gasteiger partial charge on any atom is 0.129 e. The van der Waals surface area contributed by atoms with Crippen molar-refractivity contribution in [3.8, 4) is 0 Å². The Morgan fingerprint density at radius 3 is 2.71 bits per heavy atom. The van der Waals surface area contributed by atoms with Crippen LogP contribution in [0, 0.1) is 5.82 Å². The molecule has 2 rings (SSSR count). The van der Waals surface area contributed by atoms with E-state index in [-0.39, 0.29) is 11.6 Å². The molecule has 2 aromatic rings. The van der Waals surface area contributed by atoms with Crippen molar-refractivity contribution >= 4 is 21.7 Å². The Labute approximate surface area is 106 Å². The van der Waals surface area contributed by atoms with Gasteiger partial charge in [0.1, 0.15) is 17.7 Å². The number of halogens is 2. The van der Waals surface area contributed by atoms with Gasteiger partial charge in [-0.05, 0) is 23.8 Å². The molecule has 1 heterocycles. The van der Waals surface area contributed by atoms with E-state index in [9.17, 15) is 9.50 Å². The molecule has 1 aromatic heterocycles. The van der Waals surface area contributed by atoms with Crippen LogP contribution in [0.4, 0.5) is 10.2 Å². The van der Waals surface area contributed by atoms with Gasteiger partial charge < -0.3 is 10.8 Å². The zero-order valence-corrected chi connectivity index (χ0v) is 10.4. The fourth-order valence-electron chi connectivity index (χ4n) is 1.55. The minimum atomic E-state index is -0.932. The fourth-order valence-corrected chi connectivity index (χ4v) is 2.12. The first-order valence-corrected chi connectivity index (χ1v) is 5.72. The van der Waals surface area contributed by atoms with Crippen molar-refractivity contribution in [3.05, 3.63) is 57.9 Å². The van der Waals surface area contributed by atoms with Crippen LogP contribution in [0.5, 0.6) is 0 Å². The molecule has 0 fully saturated rings. The first-order valence-electron chi connectivity index (χ1n) is 4.93. The Bertz CT molecular complexity index is 548. The summed E-state index contributed by atoms with van der Waals surface area (Å²) in [5.74, 6) is -0.108. The second-order valence-electron chi connectivity index (χ2n) is 3.55. The Morgan fingerprint density at radius 2 is 2.06 bits per heavy atom. The highest BCUT2D eigenvalue weighted by molar-refractivity contribution is 9.10. The van der Waals surface area contributed by atoms with Gasteiger partial charge in [-0.1, -0.05) is 28.1 Å². The van der Waals surface area contributed by atoms with Crippen molar-refractivity contribution in [2.75, 3.05) is 5.73 Å². The van der Waals surface area contributed by atoms with Crippen molar-refractivity contribution in [1.82, 2.24) is 4.98 Å². The lowest BCUT2D eigenvalue weighted by Crippen LogP contribution is -2.06. The van der Waals surface area contributed by atoms with E-state index in [1.54, 1.807) is 18.3 Å². The van der Waals surface area contributed by atoms with Crippen molar-refractivity contribution in [3.63, 3.8) is 0 Å². The predicted molar refractivity (Wildman–Crippen MR) is 66.8 cm³/mol. The average molecular weight is 297 g/mol. The number of anilines is 1. The number of nitrogen functional groups attached to an aromatic ring is 1. The molecule has 0 saturated heterocycles. The van der Waals surface area contributed by atoms with E-state index in [0.29, 0.717) is 15.6 Å². The first-order chi connectivity index (χ1) is 8.09. The summed E-state index contributed by atoms with van der Waals surface area (Å²) in [6.07, 6.45) is 0.615. The Morgan fingerprint density at radius 1 is 1.29 bits per heavy atom. The van der Waals surface area contributed by atoms with Gasteiger partial charge in [-0.2, -0.15) is 0 Å². The van der Waals surface area contributed by atoms with Gasteiger partial charge in [0, 0.05) is 16.2 Å². The molecule has 0 aliphatic heterocycles. The van der Waals surface area contributed by atoms with Crippen LogP contribution in [-0.4, -0.2) is 10.1 Å². The molecule has 0 amide bonds. The van der Waals surface area contributed by atoms with Crippen LogP contribution in [0.15, 0.2) is 41.0 Å². The summed E-state index contributed by atoms with van der Waals surface area (Å²) in [5, 5.41) is 10.2. The minimum absolute atomic E-state index is 0.260. The zero-order chi connectivity index (χ0) is 12.4. The maximum atomic E-state index is 12.9. The lowest BCUT2D eigenvalue weighted by atomic mass is 10.0. The molecule has 0 bridgehead atoms. The number of nitrogens with two attached hydrogens (primary N) is 1. The summed E-state index contributed by atoms with van der Waals surface area (Å²) in [6.45, 7) is 0. The molecular weight excluding hydrogens is 287 g/mol. The van der Waals surface area contributed by atoms with Gasteiger partial charge in [0.15, 0.2) is 0 Å². The number of aliphatic hydroxyl groups excluding tert-OH is 1. The molecule has 0 radical (unpaired) electrons. The predicted octanol–water partition coefficient (Wildman–Crippen LogP) is 2.65. The lowest BCUT2D eigenvalue weighted by Gasteiger charge is -2.14. The molecule has 1 aromatic carbocycles. The summed E-state index contributed by atoms with van der Waals surface area (Å²) < 4.78 is 13.4. The van der Waals surface area contributed by atoms with Crippen LogP contribution >= 0.6 is 15.9 Å². The number of aliphatic hydroxyl groups is 1. The molecule has 3 N–H and O–H groups in total. The van der Waals surface area contributed by atoms with Crippen molar-refractivity contribution in [1.29, 1.82) is 0 Å². The van der Waals surface area contributed by atoms with E-state index in [0.717, 1.165) is 0 Å². The van der Waals surface area contributed by atoms with Crippen LogP contribution in [0.2, 0.25) is 0 Å². The third-order valence-corrected chi connectivity index (χ3v) is 3.11. The lowest BCUT2D eigenvalue weighted by molar-refractivity contribution is 0.220. The van der Waals surface area contributed by atoms with E-state index in [1.165, 1.54) is 18.2 Å². The van der Waals surface area contributed by atoms with Crippen LogP contribution in [0.25, 0.3) is 0 Å². The number of hydrogen-bond donors (Lipinski definition) is 2. The highest BCUT2D eigenvalue weighted by Crippen LogP contribution is 2.30. The molecule has 3 nitrogen and oxygen atoms in total. The molecule has 1 unspecified atom stereocenters. The Balaban J connectivity index is 2.44. The Kier molecular flexibility index (Phi) is 3.40. The van der Waals surface area contributed by atoms with Crippen molar-refractivity contribution in [2.24, 2.45) is 0 Å². The molecular formula is C12H10BrFN2O. The van der Waals surface area contributed by atoms with Crippen molar-refractivity contribution in [2.45, 2.75) is 6.10 Å².